The second-order valence-electron chi connectivity index (χ2n) is 8.86. The number of hydrogen-bond donors (Lipinski definition) is 0. The summed E-state index contributed by atoms with van der Waals surface area (Å²) in [6.45, 7) is 3.99. The Balaban J connectivity index is 1.69. The van der Waals surface area contributed by atoms with E-state index in [4.69, 9.17) is 30.5 Å². The van der Waals surface area contributed by atoms with Gasteiger partial charge in [0.2, 0.25) is 0 Å². The van der Waals surface area contributed by atoms with E-state index in [-0.39, 0.29) is 12.2 Å². The second kappa shape index (κ2) is 11.5. The third-order valence-corrected chi connectivity index (χ3v) is 7.59. The Labute approximate surface area is 234 Å². The molecule has 0 bridgehead atoms. The smallest absolute Gasteiger partial charge is 0.338 e. The zero-order valence-corrected chi connectivity index (χ0v) is 23.3. The first-order chi connectivity index (χ1) is 18.9. The Bertz CT molecular complexity index is 1730. The van der Waals surface area contributed by atoms with Crippen LogP contribution in [0.4, 0.5) is 0 Å². The van der Waals surface area contributed by atoms with Crippen LogP contribution in [0.5, 0.6) is 5.75 Å². The van der Waals surface area contributed by atoms with Crippen molar-refractivity contribution in [3.05, 3.63) is 108 Å². The highest BCUT2D eigenvalue weighted by atomic mass is 35.5. The number of methoxy groups -OCH3 is 1. The highest BCUT2D eigenvalue weighted by Gasteiger charge is 2.35. The van der Waals surface area contributed by atoms with Gasteiger partial charge in [-0.1, -0.05) is 54.5 Å². The number of carbonyl (C=O) groups is 1. The van der Waals surface area contributed by atoms with E-state index in [9.17, 15) is 9.59 Å². The van der Waals surface area contributed by atoms with E-state index in [0.29, 0.717) is 54.9 Å². The summed E-state index contributed by atoms with van der Waals surface area (Å²) in [4.78, 5) is 32.5. The summed E-state index contributed by atoms with van der Waals surface area (Å²) in [5, 5.41) is 0.640. The number of carbonyl (C=O) groups excluding carboxylic acids is 1. The van der Waals surface area contributed by atoms with Gasteiger partial charge in [0.25, 0.3) is 5.56 Å². The zero-order valence-electron chi connectivity index (χ0n) is 21.8. The summed E-state index contributed by atoms with van der Waals surface area (Å²) >= 11 is 7.27. The van der Waals surface area contributed by atoms with E-state index < -0.39 is 12.0 Å². The van der Waals surface area contributed by atoms with Gasteiger partial charge >= 0.3 is 5.97 Å². The molecule has 0 spiro atoms. The number of esters is 1. The number of furan rings is 1. The molecule has 1 unspecified atom stereocenters. The molecule has 2 aromatic heterocycles. The maximum Gasteiger partial charge on any atom is 0.338 e. The molecule has 3 heterocycles. The van der Waals surface area contributed by atoms with Gasteiger partial charge in [-0.05, 0) is 55.8 Å². The molecule has 2 aromatic carbocycles. The number of nitrogens with zero attached hydrogens (tertiary/aromatic N) is 2. The number of rotatable bonds is 8. The predicted molar refractivity (Wildman–Crippen MR) is 152 cm³/mol. The number of benzene rings is 2. The highest BCUT2D eigenvalue weighted by Crippen LogP contribution is 2.36. The van der Waals surface area contributed by atoms with E-state index in [1.165, 1.54) is 11.3 Å². The molecule has 0 aliphatic carbocycles. The average Bonchev–Trinajstić information content (AvgIpc) is 3.53. The molecule has 0 radical (unpaired) electrons. The first-order valence-corrected chi connectivity index (χ1v) is 13.8. The number of aromatic nitrogens is 1. The molecule has 39 heavy (non-hydrogen) atoms. The van der Waals surface area contributed by atoms with Gasteiger partial charge in [0.05, 0.1) is 29.5 Å². The van der Waals surface area contributed by atoms with Crippen LogP contribution in [0.15, 0.2) is 86.1 Å². The Morgan fingerprint density at radius 2 is 1.90 bits per heavy atom. The van der Waals surface area contributed by atoms with E-state index in [0.717, 1.165) is 12.0 Å². The SMILES string of the molecule is CCCC1=C(C(=O)OCC)C(c2ccccc2OC)n2c(s/c(=C\c3ccc(-c4ccc(Cl)cc4)o3)c2=O)=N1. The van der Waals surface area contributed by atoms with Crippen LogP contribution < -0.4 is 19.6 Å². The molecule has 0 saturated carbocycles. The van der Waals surface area contributed by atoms with E-state index in [1.807, 2.05) is 55.5 Å². The maximum absolute atomic E-state index is 13.9. The van der Waals surface area contributed by atoms with Crippen molar-refractivity contribution >= 4 is 35.0 Å². The molecular formula is C30H27ClN2O5S. The van der Waals surface area contributed by atoms with Gasteiger partial charge in [-0.3, -0.25) is 9.36 Å². The van der Waals surface area contributed by atoms with Crippen LogP contribution in [0.2, 0.25) is 5.02 Å². The summed E-state index contributed by atoms with van der Waals surface area (Å²) in [5.74, 6) is 1.26. The van der Waals surface area contributed by atoms with Crippen molar-refractivity contribution in [2.45, 2.75) is 32.7 Å². The number of thiazole rings is 1. The van der Waals surface area contributed by atoms with Gasteiger partial charge in [0.15, 0.2) is 4.80 Å². The zero-order chi connectivity index (χ0) is 27.5. The summed E-state index contributed by atoms with van der Waals surface area (Å²) in [7, 11) is 1.57. The maximum atomic E-state index is 13.9. The van der Waals surface area contributed by atoms with Gasteiger partial charge < -0.3 is 13.9 Å². The van der Waals surface area contributed by atoms with Crippen LogP contribution in [0.25, 0.3) is 17.4 Å². The third-order valence-electron chi connectivity index (χ3n) is 6.35. The minimum atomic E-state index is -0.749. The van der Waals surface area contributed by atoms with E-state index >= 15 is 0 Å². The molecule has 4 aromatic rings. The van der Waals surface area contributed by atoms with Crippen molar-refractivity contribution < 1.29 is 18.7 Å². The molecule has 1 aliphatic heterocycles. The van der Waals surface area contributed by atoms with Gasteiger partial charge in [-0.15, -0.1) is 0 Å². The fraction of sp³-hybridized carbons (Fsp3) is 0.233. The number of ether oxygens (including phenoxy) is 2. The first-order valence-electron chi connectivity index (χ1n) is 12.7. The largest absolute Gasteiger partial charge is 0.496 e. The summed E-state index contributed by atoms with van der Waals surface area (Å²) in [6, 6.07) is 17.6. The molecule has 0 amide bonds. The third kappa shape index (κ3) is 5.22. The van der Waals surface area contributed by atoms with Crippen molar-refractivity contribution in [1.29, 1.82) is 0 Å². The van der Waals surface area contributed by atoms with Crippen LogP contribution >= 0.6 is 22.9 Å². The fourth-order valence-electron chi connectivity index (χ4n) is 4.64. The molecule has 7 nitrogen and oxygen atoms in total. The molecule has 0 fully saturated rings. The van der Waals surface area contributed by atoms with Crippen molar-refractivity contribution in [3.8, 4) is 17.1 Å². The Hall–Kier alpha value is -3.88. The number of allylic oxidation sites excluding steroid dienone is 1. The lowest BCUT2D eigenvalue weighted by Crippen LogP contribution is -2.40. The predicted octanol–water partition coefficient (Wildman–Crippen LogP) is 5.50. The lowest BCUT2D eigenvalue weighted by atomic mass is 9.93. The lowest BCUT2D eigenvalue weighted by molar-refractivity contribution is -0.139. The standard InChI is InChI=1S/C30H27ClN2O5S/c1-4-8-22-26(29(35)37-5-2)27(21-9-6-7-10-24(21)36-3)33-28(34)25(39-30(33)32-22)17-20-15-16-23(38-20)18-11-13-19(31)14-12-18/h6-7,9-17,27H,4-5,8H2,1-3H3/b25-17-. The fourth-order valence-corrected chi connectivity index (χ4v) is 5.76. The normalized spacial score (nSPS) is 15.2. The average molecular weight is 563 g/mol. The van der Waals surface area contributed by atoms with Crippen LogP contribution in [-0.4, -0.2) is 24.3 Å². The summed E-state index contributed by atoms with van der Waals surface area (Å²) < 4.78 is 19.1. The molecule has 1 aliphatic rings. The summed E-state index contributed by atoms with van der Waals surface area (Å²) in [5.41, 5.74) is 2.24. The van der Waals surface area contributed by atoms with Gasteiger partial charge in [0, 0.05) is 22.2 Å². The van der Waals surface area contributed by atoms with Crippen LogP contribution in [-0.2, 0) is 9.53 Å². The molecule has 0 N–H and O–H groups in total. The minimum Gasteiger partial charge on any atom is -0.496 e. The molecule has 5 rings (SSSR count). The second-order valence-corrected chi connectivity index (χ2v) is 10.3. The number of fused-ring (bicyclic) bond motifs is 1. The molecule has 0 saturated heterocycles. The van der Waals surface area contributed by atoms with E-state index in [2.05, 4.69) is 0 Å². The lowest BCUT2D eigenvalue weighted by Gasteiger charge is -2.26. The first kappa shape index (κ1) is 26.7. The quantitative estimate of drug-likeness (QED) is 0.265. The van der Waals surface area contributed by atoms with Crippen LogP contribution in [0.1, 0.15) is 44.1 Å². The Morgan fingerprint density at radius 3 is 2.62 bits per heavy atom. The highest BCUT2D eigenvalue weighted by molar-refractivity contribution is 7.07. The molecule has 9 heteroatoms. The monoisotopic (exact) mass is 562 g/mol. The van der Waals surface area contributed by atoms with Crippen molar-refractivity contribution in [1.82, 2.24) is 4.57 Å². The minimum absolute atomic E-state index is 0.208. The van der Waals surface area contributed by atoms with Gasteiger partial charge in [-0.25, -0.2) is 9.79 Å². The van der Waals surface area contributed by atoms with Crippen molar-refractivity contribution in [2.24, 2.45) is 4.99 Å². The van der Waals surface area contributed by atoms with Gasteiger partial charge in [0.1, 0.15) is 23.3 Å². The Morgan fingerprint density at radius 1 is 1.13 bits per heavy atom. The van der Waals surface area contributed by atoms with E-state index in [1.54, 1.807) is 36.8 Å². The van der Waals surface area contributed by atoms with Crippen LogP contribution in [0, 0.1) is 0 Å². The number of hydrogen-bond acceptors (Lipinski definition) is 7. The number of para-hydroxylation sites is 1. The summed E-state index contributed by atoms with van der Waals surface area (Å²) in [6.07, 6.45) is 3.04. The topological polar surface area (TPSA) is 83.0 Å². The Kier molecular flexibility index (Phi) is 7.86. The van der Waals surface area contributed by atoms with Gasteiger partial charge in [-0.2, -0.15) is 0 Å². The molecule has 1 atom stereocenters. The molecular weight excluding hydrogens is 536 g/mol. The van der Waals surface area contributed by atoms with Crippen LogP contribution in [0.3, 0.4) is 0 Å². The van der Waals surface area contributed by atoms with Crippen molar-refractivity contribution in [3.63, 3.8) is 0 Å². The molecule has 200 valence electrons. The number of halogens is 1. The van der Waals surface area contributed by atoms with Crippen molar-refractivity contribution in [2.75, 3.05) is 13.7 Å².